The number of carbonyl (C=O) groups is 3. The van der Waals surface area contributed by atoms with E-state index in [1.165, 1.54) is 12.1 Å². The number of amides is 3. The van der Waals surface area contributed by atoms with Crippen molar-refractivity contribution in [3.63, 3.8) is 0 Å². The molecule has 0 saturated carbocycles. The van der Waals surface area contributed by atoms with Crippen molar-refractivity contribution in [3.8, 4) is 11.3 Å². The van der Waals surface area contributed by atoms with E-state index in [-0.39, 0.29) is 12.5 Å². The summed E-state index contributed by atoms with van der Waals surface area (Å²) in [6.45, 7) is -0.254. The number of hydrogen-bond donors (Lipinski definition) is 1. The molecule has 3 amide bonds. The smallest absolute Gasteiger partial charge is 0.261 e. The van der Waals surface area contributed by atoms with Gasteiger partial charge in [-0.25, -0.2) is 0 Å². The van der Waals surface area contributed by atoms with Gasteiger partial charge in [0.1, 0.15) is 30.0 Å². The summed E-state index contributed by atoms with van der Waals surface area (Å²) in [6, 6.07) is 10.3. The van der Waals surface area contributed by atoms with Crippen LogP contribution in [0.25, 0.3) is 11.3 Å². The minimum absolute atomic E-state index is 0.254. The predicted octanol–water partition coefficient (Wildman–Crippen LogP) is 1.47. The quantitative estimate of drug-likeness (QED) is 0.731. The van der Waals surface area contributed by atoms with Crippen molar-refractivity contribution in [3.05, 3.63) is 46.6 Å². The van der Waals surface area contributed by atoms with Gasteiger partial charge in [0.2, 0.25) is 11.8 Å². The van der Waals surface area contributed by atoms with Crippen LogP contribution in [0.4, 0.5) is 0 Å². The standard InChI is InChI=1S/C18H16BrN3O5/c1-21-17(24)14-15(22(8-13(20)23)27-16(14)18(21)25)12-7-6-11(26-12)9-2-4-10(19)5-3-9/h2-7,14-16H,8H2,1H3,(H2,20,23). The average Bonchev–Trinajstić information content (AvgIpc) is 3.29. The van der Waals surface area contributed by atoms with Crippen LogP contribution >= 0.6 is 15.9 Å². The maximum absolute atomic E-state index is 12.6. The van der Waals surface area contributed by atoms with Gasteiger partial charge in [-0.3, -0.25) is 24.1 Å². The lowest BCUT2D eigenvalue weighted by atomic mass is 9.95. The van der Waals surface area contributed by atoms with E-state index in [9.17, 15) is 14.4 Å². The van der Waals surface area contributed by atoms with Crippen LogP contribution in [-0.4, -0.2) is 47.4 Å². The van der Waals surface area contributed by atoms with Crippen LogP contribution in [0, 0.1) is 5.92 Å². The Bertz CT molecular complexity index is 925. The zero-order chi connectivity index (χ0) is 19.3. The molecule has 2 fully saturated rings. The second-order valence-electron chi connectivity index (χ2n) is 6.48. The first-order valence-corrected chi connectivity index (χ1v) is 9.05. The molecule has 2 saturated heterocycles. The summed E-state index contributed by atoms with van der Waals surface area (Å²) in [6.07, 6.45) is -0.979. The normalized spacial score (nSPS) is 25.3. The van der Waals surface area contributed by atoms with Crippen LogP contribution in [0.3, 0.4) is 0 Å². The summed E-state index contributed by atoms with van der Waals surface area (Å²) < 4.78 is 6.90. The summed E-state index contributed by atoms with van der Waals surface area (Å²) in [5, 5.41) is 1.27. The number of primary amides is 1. The molecule has 0 radical (unpaired) electrons. The maximum Gasteiger partial charge on any atom is 0.261 e. The van der Waals surface area contributed by atoms with Gasteiger partial charge in [0, 0.05) is 17.1 Å². The molecule has 8 nitrogen and oxygen atoms in total. The molecule has 2 N–H and O–H groups in total. The van der Waals surface area contributed by atoms with Gasteiger partial charge in [-0.1, -0.05) is 28.1 Å². The van der Waals surface area contributed by atoms with Gasteiger partial charge < -0.3 is 10.2 Å². The van der Waals surface area contributed by atoms with Crippen molar-refractivity contribution in [2.75, 3.05) is 13.6 Å². The molecule has 3 atom stereocenters. The van der Waals surface area contributed by atoms with E-state index >= 15 is 0 Å². The van der Waals surface area contributed by atoms with Crippen LogP contribution in [0.5, 0.6) is 0 Å². The Morgan fingerprint density at radius 1 is 1.15 bits per heavy atom. The van der Waals surface area contributed by atoms with E-state index in [0.717, 1.165) is 14.9 Å². The number of likely N-dealkylation sites (N-methyl/N-ethyl adjacent to an activating group) is 1. The Hall–Kier alpha value is -2.49. The number of hydrogen-bond acceptors (Lipinski definition) is 6. The molecule has 4 rings (SSSR count). The number of imide groups is 1. The molecule has 3 unspecified atom stereocenters. The van der Waals surface area contributed by atoms with Crippen molar-refractivity contribution >= 4 is 33.7 Å². The number of nitrogens with zero attached hydrogens (tertiary/aromatic N) is 2. The van der Waals surface area contributed by atoms with E-state index in [1.807, 2.05) is 24.3 Å². The summed E-state index contributed by atoms with van der Waals surface area (Å²) in [5.74, 6) is -1.20. The minimum Gasteiger partial charge on any atom is -0.459 e. The fraction of sp³-hybridized carbons (Fsp3) is 0.278. The molecule has 0 aliphatic carbocycles. The predicted molar refractivity (Wildman–Crippen MR) is 96.6 cm³/mol. The van der Waals surface area contributed by atoms with E-state index in [1.54, 1.807) is 12.1 Å². The lowest BCUT2D eigenvalue weighted by Crippen LogP contribution is -2.38. The minimum atomic E-state index is -0.979. The molecule has 3 heterocycles. The van der Waals surface area contributed by atoms with Crippen LogP contribution in [-0.2, 0) is 19.2 Å². The van der Waals surface area contributed by atoms with Gasteiger partial charge >= 0.3 is 0 Å². The first-order valence-electron chi connectivity index (χ1n) is 8.25. The Morgan fingerprint density at radius 3 is 2.52 bits per heavy atom. The van der Waals surface area contributed by atoms with Gasteiger partial charge in [0.25, 0.3) is 5.91 Å². The lowest BCUT2D eigenvalue weighted by Gasteiger charge is -2.23. The third-order valence-corrected chi connectivity index (χ3v) is 5.30. The van der Waals surface area contributed by atoms with Gasteiger partial charge in [0.15, 0.2) is 6.10 Å². The highest BCUT2D eigenvalue weighted by atomic mass is 79.9. The third kappa shape index (κ3) is 2.97. The fourth-order valence-electron chi connectivity index (χ4n) is 3.50. The van der Waals surface area contributed by atoms with E-state index in [2.05, 4.69) is 15.9 Å². The second-order valence-corrected chi connectivity index (χ2v) is 7.40. The maximum atomic E-state index is 12.6. The largest absolute Gasteiger partial charge is 0.459 e. The van der Waals surface area contributed by atoms with Crippen LogP contribution < -0.4 is 5.73 Å². The summed E-state index contributed by atoms with van der Waals surface area (Å²) in [7, 11) is 1.41. The molecule has 27 heavy (non-hydrogen) atoms. The Morgan fingerprint density at radius 2 is 1.85 bits per heavy atom. The zero-order valence-corrected chi connectivity index (χ0v) is 15.9. The number of nitrogens with two attached hydrogens (primary N) is 1. The van der Waals surface area contributed by atoms with Crippen LogP contribution in [0.15, 0.2) is 45.3 Å². The highest BCUT2D eigenvalue weighted by molar-refractivity contribution is 9.10. The number of fused-ring (bicyclic) bond motifs is 1. The van der Waals surface area contributed by atoms with E-state index in [4.69, 9.17) is 15.0 Å². The van der Waals surface area contributed by atoms with Gasteiger partial charge in [-0.15, -0.1) is 0 Å². The van der Waals surface area contributed by atoms with Crippen LogP contribution in [0.2, 0.25) is 0 Å². The fourth-order valence-corrected chi connectivity index (χ4v) is 3.76. The number of rotatable bonds is 4. The van der Waals surface area contributed by atoms with Gasteiger partial charge in [0.05, 0.1) is 0 Å². The number of carbonyl (C=O) groups excluding carboxylic acids is 3. The Kier molecular flexibility index (Phi) is 4.37. The van der Waals surface area contributed by atoms with Crippen LogP contribution in [0.1, 0.15) is 11.8 Å². The Labute approximate surface area is 162 Å². The number of likely N-dealkylation sites (tertiary alicyclic amines) is 1. The summed E-state index contributed by atoms with van der Waals surface area (Å²) in [4.78, 5) is 42.9. The summed E-state index contributed by atoms with van der Waals surface area (Å²) in [5.41, 5.74) is 6.15. The number of halogens is 1. The molecule has 0 spiro atoms. The van der Waals surface area contributed by atoms with Gasteiger partial charge in [-0.2, -0.15) is 5.06 Å². The van der Waals surface area contributed by atoms with E-state index in [0.29, 0.717) is 11.5 Å². The average molecular weight is 434 g/mol. The van der Waals surface area contributed by atoms with Crippen molar-refractivity contribution in [1.29, 1.82) is 0 Å². The first kappa shape index (κ1) is 17.9. The zero-order valence-electron chi connectivity index (χ0n) is 14.3. The van der Waals surface area contributed by atoms with Crippen molar-refractivity contribution in [2.45, 2.75) is 12.1 Å². The molecular formula is C18H16BrN3O5. The number of furan rings is 1. The van der Waals surface area contributed by atoms with Crippen molar-refractivity contribution in [2.24, 2.45) is 11.7 Å². The van der Waals surface area contributed by atoms with E-state index < -0.39 is 29.9 Å². The Balaban J connectivity index is 1.70. The molecule has 2 aliphatic heterocycles. The molecule has 2 aromatic rings. The molecule has 1 aromatic heterocycles. The monoisotopic (exact) mass is 433 g/mol. The lowest BCUT2D eigenvalue weighted by molar-refractivity contribution is -0.182. The van der Waals surface area contributed by atoms with Crippen molar-refractivity contribution in [1.82, 2.24) is 9.96 Å². The SMILES string of the molecule is CN1C(=O)C2ON(CC(N)=O)C(c3ccc(-c4ccc(Br)cc4)o3)C2C1=O. The van der Waals surface area contributed by atoms with Crippen molar-refractivity contribution < 1.29 is 23.6 Å². The first-order chi connectivity index (χ1) is 12.9. The number of hydroxylamine groups is 2. The molecule has 1 aromatic carbocycles. The summed E-state index contributed by atoms with van der Waals surface area (Å²) >= 11 is 3.38. The highest BCUT2D eigenvalue weighted by Crippen LogP contribution is 2.45. The molecule has 0 bridgehead atoms. The molecular weight excluding hydrogens is 418 g/mol. The number of benzene rings is 1. The molecule has 2 aliphatic rings. The van der Waals surface area contributed by atoms with Gasteiger partial charge in [-0.05, 0) is 24.3 Å². The molecule has 9 heteroatoms. The third-order valence-electron chi connectivity index (χ3n) is 4.77. The molecule has 140 valence electrons. The highest BCUT2D eigenvalue weighted by Gasteiger charge is 2.59. The topological polar surface area (TPSA) is 106 Å². The second kappa shape index (κ2) is 6.59.